The van der Waals surface area contributed by atoms with E-state index < -0.39 is 24.0 Å². The van der Waals surface area contributed by atoms with Crippen LogP contribution < -0.4 is 10.2 Å². The molecule has 0 fully saturated rings. The summed E-state index contributed by atoms with van der Waals surface area (Å²) in [6.45, 7) is 0. The van der Waals surface area contributed by atoms with Gasteiger partial charge in [-0.3, -0.25) is 0 Å². The van der Waals surface area contributed by atoms with E-state index in [9.17, 15) is 23.1 Å². The van der Waals surface area contributed by atoms with Crippen molar-refractivity contribution in [3.63, 3.8) is 0 Å². The summed E-state index contributed by atoms with van der Waals surface area (Å²) < 4.78 is 39.7. The van der Waals surface area contributed by atoms with Crippen molar-refractivity contribution in [1.82, 2.24) is 14.8 Å². The third-order valence-electron chi connectivity index (χ3n) is 3.70. The minimum Gasteiger partial charge on any atom is -0.477 e. The quantitative estimate of drug-likeness (QED) is 0.881. The van der Waals surface area contributed by atoms with Crippen LogP contribution in [0.5, 0.6) is 0 Å². The zero-order valence-electron chi connectivity index (χ0n) is 13.2. The predicted octanol–water partition coefficient (Wildman–Crippen LogP) is 2.35. The number of benzene rings is 1. The minimum atomic E-state index is -4.73. The van der Waals surface area contributed by atoms with Crippen molar-refractivity contribution in [2.75, 3.05) is 24.3 Å². The highest BCUT2D eigenvalue weighted by Gasteiger charge is 2.39. The van der Waals surface area contributed by atoms with Gasteiger partial charge in [-0.15, -0.1) is 5.10 Å². The SMILES string of the molecule is CN(C)c1ccc(C2C=C(C(=O)O)Nc3nc(C(F)(F)F)nn32)cc1. The van der Waals surface area contributed by atoms with Gasteiger partial charge in [-0.1, -0.05) is 12.1 Å². The van der Waals surface area contributed by atoms with Crippen molar-refractivity contribution in [3.05, 3.63) is 47.4 Å². The Morgan fingerprint density at radius 3 is 2.44 bits per heavy atom. The molecule has 2 aromatic rings. The fraction of sp³-hybridized carbons (Fsp3) is 0.267. The zero-order chi connectivity index (χ0) is 18.4. The van der Waals surface area contributed by atoms with Gasteiger partial charge in [0.1, 0.15) is 11.7 Å². The topological polar surface area (TPSA) is 83.3 Å². The van der Waals surface area contributed by atoms with Gasteiger partial charge in [-0.2, -0.15) is 18.2 Å². The number of fused-ring (bicyclic) bond motifs is 1. The molecule has 0 bridgehead atoms. The molecule has 1 unspecified atom stereocenters. The van der Waals surface area contributed by atoms with Gasteiger partial charge in [-0.25, -0.2) is 9.48 Å². The molecular formula is C15H14F3N5O2. The first-order valence-electron chi connectivity index (χ1n) is 7.20. The molecule has 3 rings (SSSR count). The molecule has 25 heavy (non-hydrogen) atoms. The largest absolute Gasteiger partial charge is 0.477 e. The second-order valence-corrected chi connectivity index (χ2v) is 5.64. The number of aliphatic carboxylic acids is 1. The predicted molar refractivity (Wildman–Crippen MR) is 83.3 cm³/mol. The van der Waals surface area contributed by atoms with Crippen LogP contribution in [0.1, 0.15) is 17.4 Å². The summed E-state index contributed by atoms with van der Waals surface area (Å²) >= 11 is 0. The van der Waals surface area contributed by atoms with Crippen LogP contribution in [0, 0.1) is 0 Å². The van der Waals surface area contributed by atoms with E-state index in [1.54, 1.807) is 24.3 Å². The second kappa shape index (κ2) is 5.80. The molecule has 7 nitrogen and oxygen atoms in total. The van der Waals surface area contributed by atoms with Crippen LogP contribution in [0.2, 0.25) is 0 Å². The van der Waals surface area contributed by atoms with Crippen molar-refractivity contribution >= 4 is 17.6 Å². The van der Waals surface area contributed by atoms with E-state index in [0.29, 0.717) is 5.56 Å². The molecule has 10 heteroatoms. The normalized spacial score (nSPS) is 16.7. The van der Waals surface area contributed by atoms with Gasteiger partial charge in [0.2, 0.25) is 5.95 Å². The lowest BCUT2D eigenvalue weighted by atomic mass is 10.0. The van der Waals surface area contributed by atoms with Gasteiger partial charge >= 0.3 is 12.1 Å². The number of carboxylic acids is 1. The number of alkyl halides is 3. The molecule has 0 aliphatic carbocycles. The number of halogens is 3. The lowest BCUT2D eigenvalue weighted by Crippen LogP contribution is -2.24. The van der Waals surface area contributed by atoms with Gasteiger partial charge in [0.05, 0.1) is 0 Å². The van der Waals surface area contributed by atoms with Crippen LogP contribution in [0.4, 0.5) is 24.8 Å². The number of anilines is 2. The van der Waals surface area contributed by atoms with E-state index in [0.717, 1.165) is 10.4 Å². The maximum atomic E-state index is 12.9. The molecule has 0 amide bonds. The number of allylic oxidation sites excluding steroid dienone is 1. The molecule has 1 aliphatic heterocycles. The Balaban J connectivity index is 2.08. The summed E-state index contributed by atoms with van der Waals surface area (Å²) in [5.41, 5.74) is 1.23. The van der Waals surface area contributed by atoms with Gasteiger partial charge in [0, 0.05) is 19.8 Å². The molecule has 2 heterocycles. The summed E-state index contributed by atoms with van der Waals surface area (Å²) in [6, 6.07) is 6.17. The maximum Gasteiger partial charge on any atom is 0.453 e. The Morgan fingerprint density at radius 2 is 1.92 bits per heavy atom. The van der Waals surface area contributed by atoms with E-state index in [1.165, 1.54) is 6.08 Å². The average Bonchev–Trinajstić information content (AvgIpc) is 2.98. The number of nitrogens with zero attached hydrogens (tertiary/aromatic N) is 4. The van der Waals surface area contributed by atoms with E-state index in [4.69, 9.17) is 0 Å². The number of nitrogens with one attached hydrogen (secondary N) is 1. The Kier molecular flexibility index (Phi) is 3.90. The molecule has 0 spiro atoms. The van der Waals surface area contributed by atoms with Gasteiger partial charge in [-0.05, 0) is 23.8 Å². The first-order valence-corrected chi connectivity index (χ1v) is 7.20. The van der Waals surface area contributed by atoms with Crippen molar-refractivity contribution in [3.8, 4) is 0 Å². The van der Waals surface area contributed by atoms with Crippen LogP contribution in [0.3, 0.4) is 0 Å². The van der Waals surface area contributed by atoms with Crippen LogP contribution in [-0.2, 0) is 11.0 Å². The average molecular weight is 353 g/mol. The Bertz CT molecular complexity index is 840. The standard InChI is InChI=1S/C15H14F3N5O2/c1-22(2)9-5-3-8(4-6-9)11-7-10(12(24)25)19-14-20-13(15(16,17)18)21-23(11)14/h3-7,11H,1-2H3,(H,24,25)(H,19,20,21). The summed E-state index contributed by atoms with van der Waals surface area (Å²) in [6.07, 6.45) is -3.43. The minimum absolute atomic E-state index is 0.254. The Hall–Kier alpha value is -3.04. The molecule has 0 radical (unpaired) electrons. The Morgan fingerprint density at radius 1 is 1.28 bits per heavy atom. The number of rotatable bonds is 3. The van der Waals surface area contributed by atoms with Crippen LogP contribution in [0.25, 0.3) is 0 Å². The van der Waals surface area contributed by atoms with Gasteiger partial charge < -0.3 is 15.3 Å². The molecule has 1 atom stereocenters. The van der Waals surface area contributed by atoms with Crippen LogP contribution in [0.15, 0.2) is 36.0 Å². The van der Waals surface area contributed by atoms with E-state index >= 15 is 0 Å². The summed E-state index contributed by atoms with van der Waals surface area (Å²) in [4.78, 5) is 16.5. The smallest absolute Gasteiger partial charge is 0.453 e. The van der Waals surface area contributed by atoms with E-state index in [-0.39, 0.29) is 11.6 Å². The molecule has 132 valence electrons. The van der Waals surface area contributed by atoms with Crippen LogP contribution in [-0.4, -0.2) is 39.9 Å². The number of carbonyl (C=O) groups is 1. The molecular weight excluding hydrogens is 339 g/mol. The number of hydrogen-bond acceptors (Lipinski definition) is 5. The third kappa shape index (κ3) is 3.14. The fourth-order valence-corrected chi connectivity index (χ4v) is 2.44. The fourth-order valence-electron chi connectivity index (χ4n) is 2.44. The molecule has 2 N–H and O–H groups in total. The maximum absolute atomic E-state index is 12.9. The number of hydrogen-bond donors (Lipinski definition) is 2. The summed E-state index contributed by atoms with van der Waals surface area (Å²) in [5, 5.41) is 15.1. The molecule has 0 saturated heterocycles. The first-order chi connectivity index (χ1) is 11.7. The highest BCUT2D eigenvalue weighted by molar-refractivity contribution is 5.90. The molecule has 0 saturated carbocycles. The summed E-state index contributed by atoms with van der Waals surface area (Å²) in [7, 11) is 3.71. The molecule has 1 aliphatic rings. The van der Waals surface area contributed by atoms with Crippen molar-refractivity contribution in [2.45, 2.75) is 12.2 Å². The van der Waals surface area contributed by atoms with Crippen molar-refractivity contribution in [1.29, 1.82) is 0 Å². The molecule has 1 aromatic carbocycles. The second-order valence-electron chi connectivity index (χ2n) is 5.64. The van der Waals surface area contributed by atoms with Crippen molar-refractivity contribution in [2.24, 2.45) is 0 Å². The lowest BCUT2D eigenvalue weighted by Gasteiger charge is -2.23. The first kappa shape index (κ1) is 16.8. The molecule has 1 aromatic heterocycles. The number of carboxylic acid groups (broad SMARTS) is 1. The highest BCUT2D eigenvalue weighted by atomic mass is 19.4. The monoisotopic (exact) mass is 353 g/mol. The zero-order valence-corrected chi connectivity index (χ0v) is 13.2. The summed E-state index contributed by atoms with van der Waals surface area (Å²) in [5.74, 6) is -2.89. The van der Waals surface area contributed by atoms with Crippen molar-refractivity contribution < 1.29 is 23.1 Å². The lowest BCUT2D eigenvalue weighted by molar-refractivity contribution is -0.145. The van der Waals surface area contributed by atoms with E-state index in [2.05, 4.69) is 15.4 Å². The Labute approximate surface area is 140 Å². The van der Waals surface area contributed by atoms with Crippen LogP contribution >= 0.6 is 0 Å². The third-order valence-corrected chi connectivity index (χ3v) is 3.70. The van der Waals surface area contributed by atoms with Gasteiger partial charge in [0.15, 0.2) is 0 Å². The van der Waals surface area contributed by atoms with E-state index in [1.807, 2.05) is 19.0 Å². The number of aromatic nitrogens is 3. The van der Waals surface area contributed by atoms with Gasteiger partial charge in [0.25, 0.3) is 5.82 Å². The highest BCUT2D eigenvalue weighted by Crippen LogP contribution is 2.33.